The number of anilines is 1. The second-order valence-corrected chi connectivity index (χ2v) is 4.76. The minimum absolute atomic E-state index is 0.172. The Labute approximate surface area is 107 Å². The summed E-state index contributed by atoms with van der Waals surface area (Å²) in [5, 5.41) is 12.6. The van der Waals surface area contributed by atoms with Gasteiger partial charge in [-0.3, -0.25) is 0 Å². The highest BCUT2D eigenvalue weighted by atomic mass is 16.5. The normalized spacial score (nSPS) is 23.0. The number of hydrogen-bond donors (Lipinski definition) is 2. The summed E-state index contributed by atoms with van der Waals surface area (Å²) in [4.78, 5) is 11.2. The zero-order chi connectivity index (χ0) is 13.1. The van der Waals surface area contributed by atoms with Crippen molar-refractivity contribution in [2.45, 2.75) is 38.3 Å². The molecule has 98 valence electrons. The summed E-state index contributed by atoms with van der Waals surface area (Å²) in [6, 6.07) is 5.53. The third kappa shape index (κ3) is 2.48. The molecule has 1 aromatic carbocycles. The smallest absolute Gasteiger partial charge is 0.337 e. The van der Waals surface area contributed by atoms with Gasteiger partial charge in [-0.1, -0.05) is 12.1 Å². The number of ether oxygens (including phenoxy) is 1. The maximum atomic E-state index is 11.2. The fraction of sp³-hybridized carbons (Fsp3) is 0.500. The van der Waals surface area contributed by atoms with E-state index < -0.39 is 5.97 Å². The Kier molecular flexibility index (Phi) is 3.87. The van der Waals surface area contributed by atoms with Gasteiger partial charge in [0, 0.05) is 7.11 Å². The van der Waals surface area contributed by atoms with Crippen molar-refractivity contribution in [3.05, 3.63) is 29.3 Å². The van der Waals surface area contributed by atoms with Crippen molar-refractivity contribution in [3.63, 3.8) is 0 Å². The lowest BCUT2D eigenvalue weighted by Crippen LogP contribution is -2.30. The summed E-state index contributed by atoms with van der Waals surface area (Å²) >= 11 is 0. The van der Waals surface area contributed by atoms with Gasteiger partial charge in [-0.15, -0.1) is 0 Å². The first-order valence-corrected chi connectivity index (χ1v) is 6.25. The largest absolute Gasteiger partial charge is 0.478 e. The Bertz CT molecular complexity index is 445. The number of aryl methyl sites for hydroxylation is 1. The van der Waals surface area contributed by atoms with E-state index in [0.717, 1.165) is 30.5 Å². The first-order valence-electron chi connectivity index (χ1n) is 6.25. The predicted molar refractivity (Wildman–Crippen MR) is 70.2 cm³/mol. The lowest BCUT2D eigenvalue weighted by atomic mass is 10.1. The number of para-hydroxylation sites is 1. The number of hydrogen-bond acceptors (Lipinski definition) is 3. The van der Waals surface area contributed by atoms with Crippen LogP contribution in [0.5, 0.6) is 0 Å². The molecule has 0 saturated heterocycles. The van der Waals surface area contributed by atoms with Gasteiger partial charge in [0.05, 0.1) is 23.4 Å². The third-order valence-corrected chi connectivity index (χ3v) is 3.59. The van der Waals surface area contributed by atoms with E-state index >= 15 is 0 Å². The average Bonchev–Trinajstić information content (AvgIpc) is 2.78. The molecule has 0 spiro atoms. The van der Waals surface area contributed by atoms with E-state index in [1.165, 1.54) is 0 Å². The zero-order valence-electron chi connectivity index (χ0n) is 10.8. The molecule has 2 unspecified atom stereocenters. The van der Waals surface area contributed by atoms with Gasteiger partial charge in [0.1, 0.15) is 0 Å². The van der Waals surface area contributed by atoms with E-state index in [4.69, 9.17) is 4.74 Å². The van der Waals surface area contributed by atoms with E-state index in [1.807, 2.05) is 13.0 Å². The molecule has 0 amide bonds. The number of nitrogens with one attached hydrogen (secondary N) is 1. The summed E-state index contributed by atoms with van der Waals surface area (Å²) in [7, 11) is 1.71. The van der Waals surface area contributed by atoms with Crippen LogP contribution in [-0.4, -0.2) is 30.3 Å². The van der Waals surface area contributed by atoms with Gasteiger partial charge >= 0.3 is 5.97 Å². The van der Waals surface area contributed by atoms with Gasteiger partial charge in [-0.2, -0.15) is 0 Å². The number of carbonyl (C=O) groups is 1. The molecule has 1 saturated carbocycles. The van der Waals surface area contributed by atoms with Crippen molar-refractivity contribution < 1.29 is 14.6 Å². The van der Waals surface area contributed by atoms with Gasteiger partial charge in [0.2, 0.25) is 0 Å². The number of rotatable bonds is 4. The maximum Gasteiger partial charge on any atom is 0.337 e. The molecule has 2 rings (SSSR count). The van der Waals surface area contributed by atoms with Crippen molar-refractivity contribution >= 4 is 11.7 Å². The fourth-order valence-electron chi connectivity index (χ4n) is 2.60. The van der Waals surface area contributed by atoms with E-state index in [0.29, 0.717) is 5.56 Å². The summed E-state index contributed by atoms with van der Waals surface area (Å²) in [6.45, 7) is 1.92. The molecule has 0 heterocycles. The zero-order valence-corrected chi connectivity index (χ0v) is 10.8. The number of aromatic carboxylic acids is 1. The van der Waals surface area contributed by atoms with Crippen molar-refractivity contribution in [2.24, 2.45) is 0 Å². The topological polar surface area (TPSA) is 58.6 Å². The molecule has 2 atom stereocenters. The SMILES string of the molecule is COC1CCCC1Nc1c(C)cccc1C(=O)O. The van der Waals surface area contributed by atoms with Crippen molar-refractivity contribution in [2.75, 3.05) is 12.4 Å². The van der Waals surface area contributed by atoms with E-state index in [1.54, 1.807) is 19.2 Å². The molecular formula is C14H19NO3. The average molecular weight is 249 g/mol. The Morgan fingerprint density at radius 3 is 2.89 bits per heavy atom. The molecule has 4 nitrogen and oxygen atoms in total. The number of carboxylic acids is 1. The molecule has 1 aliphatic rings. The summed E-state index contributed by atoms with van der Waals surface area (Å²) in [6.07, 6.45) is 3.34. The van der Waals surface area contributed by atoms with Crippen LogP contribution in [0.2, 0.25) is 0 Å². The highest BCUT2D eigenvalue weighted by molar-refractivity contribution is 5.95. The highest BCUT2D eigenvalue weighted by Crippen LogP contribution is 2.28. The highest BCUT2D eigenvalue weighted by Gasteiger charge is 2.28. The molecule has 0 aromatic heterocycles. The molecule has 0 bridgehead atoms. The molecule has 2 N–H and O–H groups in total. The minimum atomic E-state index is -0.895. The van der Waals surface area contributed by atoms with Crippen LogP contribution >= 0.6 is 0 Å². The van der Waals surface area contributed by atoms with Gasteiger partial charge in [-0.05, 0) is 37.8 Å². The van der Waals surface area contributed by atoms with Crippen LogP contribution < -0.4 is 5.32 Å². The molecule has 18 heavy (non-hydrogen) atoms. The van der Waals surface area contributed by atoms with E-state index in [-0.39, 0.29) is 12.1 Å². The first kappa shape index (κ1) is 12.9. The van der Waals surface area contributed by atoms with Crippen molar-refractivity contribution in [1.82, 2.24) is 0 Å². The van der Waals surface area contributed by atoms with Crippen LogP contribution in [0.3, 0.4) is 0 Å². The van der Waals surface area contributed by atoms with Crippen LogP contribution in [-0.2, 0) is 4.74 Å². The second-order valence-electron chi connectivity index (χ2n) is 4.76. The molecular weight excluding hydrogens is 230 g/mol. The second kappa shape index (κ2) is 5.40. The first-order chi connectivity index (χ1) is 8.63. The fourth-order valence-corrected chi connectivity index (χ4v) is 2.60. The Morgan fingerprint density at radius 1 is 1.44 bits per heavy atom. The van der Waals surface area contributed by atoms with Gasteiger partial charge in [-0.25, -0.2) is 4.79 Å². The molecule has 1 aliphatic carbocycles. The van der Waals surface area contributed by atoms with Crippen LogP contribution in [0.15, 0.2) is 18.2 Å². The molecule has 0 radical (unpaired) electrons. The van der Waals surface area contributed by atoms with E-state index in [2.05, 4.69) is 5.32 Å². The lowest BCUT2D eigenvalue weighted by Gasteiger charge is -2.23. The maximum absolute atomic E-state index is 11.2. The number of carboxylic acid groups (broad SMARTS) is 1. The van der Waals surface area contributed by atoms with Gasteiger partial charge in [0.25, 0.3) is 0 Å². The minimum Gasteiger partial charge on any atom is -0.478 e. The summed E-state index contributed by atoms with van der Waals surface area (Å²) in [5.41, 5.74) is 2.01. The summed E-state index contributed by atoms with van der Waals surface area (Å²) < 4.78 is 5.43. The van der Waals surface area contributed by atoms with Crippen LogP contribution in [0.4, 0.5) is 5.69 Å². The van der Waals surface area contributed by atoms with Crippen molar-refractivity contribution in [1.29, 1.82) is 0 Å². The summed E-state index contributed by atoms with van der Waals surface area (Å²) in [5.74, 6) is -0.895. The van der Waals surface area contributed by atoms with Gasteiger partial charge in [0.15, 0.2) is 0 Å². The molecule has 1 aromatic rings. The monoisotopic (exact) mass is 249 g/mol. The Hall–Kier alpha value is -1.55. The number of methoxy groups -OCH3 is 1. The van der Waals surface area contributed by atoms with Crippen LogP contribution in [0, 0.1) is 6.92 Å². The van der Waals surface area contributed by atoms with Gasteiger partial charge < -0.3 is 15.2 Å². The third-order valence-electron chi connectivity index (χ3n) is 3.59. The Morgan fingerprint density at radius 2 is 2.22 bits per heavy atom. The van der Waals surface area contributed by atoms with Crippen LogP contribution in [0.25, 0.3) is 0 Å². The van der Waals surface area contributed by atoms with Crippen molar-refractivity contribution in [3.8, 4) is 0 Å². The van der Waals surface area contributed by atoms with E-state index in [9.17, 15) is 9.90 Å². The standard InChI is InChI=1S/C14H19NO3/c1-9-5-3-6-10(14(16)17)13(9)15-11-7-4-8-12(11)18-2/h3,5-6,11-12,15H,4,7-8H2,1-2H3,(H,16,17). The molecule has 0 aliphatic heterocycles. The predicted octanol–water partition coefficient (Wildman–Crippen LogP) is 2.67. The quantitative estimate of drug-likeness (QED) is 0.861. The Balaban J connectivity index is 2.25. The van der Waals surface area contributed by atoms with Crippen LogP contribution in [0.1, 0.15) is 35.2 Å². The molecule has 1 fully saturated rings. The lowest BCUT2D eigenvalue weighted by molar-refractivity contribution is 0.0697. The number of benzene rings is 1. The molecule has 4 heteroatoms.